The van der Waals surface area contributed by atoms with Gasteiger partial charge in [-0.15, -0.1) is 0 Å². The van der Waals surface area contributed by atoms with E-state index in [1.54, 1.807) is 13.8 Å². The number of rotatable bonds is 2. The molecule has 6 unspecified atom stereocenters. The highest BCUT2D eigenvalue weighted by Gasteiger charge is 2.61. The van der Waals surface area contributed by atoms with Gasteiger partial charge in [-0.1, -0.05) is 11.6 Å². The molecule has 0 saturated carbocycles. The molecule has 0 spiro atoms. The van der Waals surface area contributed by atoms with Crippen LogP contribution in [0.5, 0.6) is 0 Å². The lowest BCUT2D eigenvalue weighted by atomic mass is 10.1. The van der Waals surface area contributed by atoms with Crippen molar-refractivity contribution in [2.24, 2.45) is 5.73 Å². The van der Waals surface area contributed by atoms with Gasteiger partial charge in [0.25, 0.3) is 0 Å². The molecule has 4 aliphatic heterocycles. The summed E-state index contributed by atoms with van der Waals surface area (Å²) in [6.45, 7) is 3.99. The van der Waals surface area contributed by atoms with Crippen LogP contribution < -0.4 is 21.7 Å². The van der Waals surface area contributed by atoms with Crippen LogP contribution >= 0.6 is 11.6 Å². The van der Waals surface area contributed by atoms with E-state index in [0.717, 1.165) is 0 Å². The largest absolute Gasteiger partial charge is 0.479 e. The zero-order chi connectivity index (χ0) is 17.2. The third-order valence-corrected chi connectivity index (χ3v) is 5.10. The van der Waals surface area contributed by atoms with Crippen molar-refractivity contribution in [1.29, 1.82) is 0 Å². The molecule has 0 amide bonds. The van der Waals surface area contributed by atoms with Crippen molar-refractivity contribution in [1.82, 2.24) is 20.9 Å². The van der Waals surface area contributed by atoms with Crippen molar-refractivity contribution < 1.29 is 24.1 Å². The number of aliphatic carboxylic acids is 1. The van der Waals surface area contributed by atoms with Gasteiger partial charge in [-0.2, -0.15) is 0 Å². The van der Waals surface area contributed by atoms with E-state index in [1.807, 2.05) is 4.90 Å². The Kier molecular flexibility index (Phi) is 4.03. The second kappa shape index (κ2) is 5.73. The minimum absolute atomic E-state index is 0.0961. The van der Waals surface area contributed by atoms with Crippen LogP contribution in [0.1, 0.15) is 13.8 Å². The van der Waals surface area contributed by atoms with Gasteiger partial charge < -0.3 is 25.1 Å². The second-order valence-corrected chi connectivity index (χ2v) is 7.36. The predicted octanol–water partition coefficient (Wildman–Crippen LogP) is -2.13. The Hall–Kier alpha value is -0.560. The van der Waals surface area contributed by atoms with Gasteiger partial charge in [0.15, 0.2) is 11.9 Å². The number of carboxylic acids is 1. The van der Waals surface area contributed by atoms with Gasteiger partial charge in [0.05, 0.1) is 25.0 Å². The number of nitrogens with zero attached hydrogens (tertiary/aromatic N) is 1. The van der Waals surface area contributed by atoms with Gasteiger partial charge in [0.2, 0.25) is 0 Å². The fourth-order valence-electron chi connectivity index (χ4n) is 3.91. The van der Waals surface area contributed by atoms with Crippen LogP contribution in [0.4, 0.5) is 0 Å². The number of halogens is 1. The molecule has 4 fully saturated rings. The molecule has 0 radical (unpaired) electrons. The second-order valence-electron chi connectivity index (χ2n) is 6.92. The zero-order valence-corrected chi connectivity index (χ0v) is 14.1. The minimum atomic E-state index is -1.08. The number of alkyl halides is 1. The first kappa shape index (κ1) is 16.9. The Bertz CT molecular complexity index is 539. The smallest absolute Gasteiger partial charge is 0.335 e. The lowest BCUT2D eigenvalue weighted by Crippen LogP contribution is -2.71. The Morgan fingerprint density at radius 1 is 1.33 bits per heavy atom. The van der Waals surface area contributed by atoms with E-state index < -0.39 is 41.9 Å². The quantitative estimate of drug-likeness (QED) is 0.274. The molecule has 4 aliphatic rings. The lowest BCUT2D eigenvalue weighted by Gasteiger charge is -2.41. The van der Waals surface area contributed by atoms with Gasteiger partial charge in [0, 0.05) is 0 Å². The highest BCUT2D eigenvalue weighted by Crippen LogP contribution is 2.41. The number of hydrogen-bond donors (Lipinski definition) is 5. The molecule has 8 atom stereocenters. The van der Waals surface area contributed by atoms with Crippen LogP contribution in [-0.4, -0.2) is 77.0 Å². The standard InChI is InChI=1S/C13H22ClN5O5/c1-13(2)23-5-6(24-13)10(22-7(5)11(20)21)19-3-16-4-8(15)17-12(14)18-9(4)19/h4-10,12,16-18H,3,15H2,1-2H3,(H,20,21)/t4?,5?,6?,7-,8?,9?,10+,12?/m0/s1. The number of carboxylic acid groups (broad SMARTS) is 1. The summed E-state index contributed by atoms with van der Waals surface area (Å²) in [6.07, 6.45) is -3.39. The SMILES string of the molecule is CC1(C)OC2C(O1)[C@H](N1CNC3C(N)NC(Cl)NC31)O[C@@H]2C(=O)O. The molecule has 0 aromatic heterocycles. The Morgan fingerprint density at radius 3 is 2.75 bits per heavy atom. The van der Waals surface area contributed by atoms with E-state index in [1.165, 1.54) is 0 Å². The lowest BCUT2D eigenvalue weighted by molar-refractivity contribution is -0.213. The molecule has 0 aromatic rings. The highest BCUT2D eigenvalue weighted by atomic mass is 35.5. The Labute approximate surface area is 143 Å². The molecule has 4 saturated heterocycles. The molecule has 10 nitrogen and oxygen atoms in total. The summed E-state index contributed by atoms with van der Waals surface area (Å²) in [5.41, 5.74) is 5.59. The maximum Gasteiger partial charge on any atom is 0.335 e. The van der Waals surface area contributed by atoms with Crippen molar-refractivity contribution in [2.75, 3.05) is 6.67 Å². The van der Waals surface area contributed by atoms with E-state index in [-0.39, 0.29) is 18.4 Å². The molecule has 136 valence electrons. The van der Waals surface area contributed by atoms with Crippen molar-refractivity contribution in [3.05, 3.63) is 0 Å². The van der Waals surface area contributed by atoms with E-state index in [2.05, 4.69) is 16.0 Å². The maximum absolute atomic E-state index is 11.5. The molecule has 0 aromatic carbocycles. The molecule has 0 bridgehead atoms. The van der Waals surface area contributed by atoms with Crippen LogP contribution in [0.15, 0.2) is 0 Å². The molecule has 4 heterocycles. The van der Waals surface area contributed by atoms with Crippen LogP contribution in [-0.2, 0) is 19.0 Å². The molecule has 11 heteroatoms. The molecule has 4 rings (SSSR count). The summed E-state index contributed by atoms with van der Waals surface area (Å²) in [6, 6.07) is -0.0961. The first-order valence-electron chi connectivity index (χ1n) is 7.92. The van der Waals surface area contributed by atoms with Crippen molar-refractivity contribution >= 4 is 17.6 Å². The van der Waals surface area contributed by atoms with Crippen LogP contribution in [0, 0.1) is 0 Å². The molecular weight excluding hydrogens is 342 g/mol. The average Bonchev–Trinajstić information content (AvgIpc) is 3.09. The van der Waals surface area contributed by atoms with E-state index in [0.29, 0.717) is 6.67 Å². The Morgan fingerprint density at radius 2 is 2.04 bits per heavy atom. The van der Waals surface area contributed by atoms with Crippen LogP contribution in [0.2, 0.25) is 0 Å². The van der Waals surface area contributed by atoms with Gasteiger partial charge >= 0.3 is 5.97 Å². The molecule has 6 N–H and O–H groups in total. The number of ether oxygens (including phenoxy) is 3. The predicted molar refractivity (Wildman–Crippen MR) is 81.4 cm³/mol. The number of carbonyl (C=O) groups is 1. The molecule has 0 aliphatic carbocycles. The summed E-state index contributed by atoms with van der Waals surface area (Å²) >= 11 is 6.14. The fraction of sp³-hybridized carbons (Fsp3) is 0.923. The number of nitrogens with one attached hydrogen (secondary N) is 3. The van der Waals surface area contributed by atoms with Crippen molar-refractivity contribution in [3.63, 3.8) is 0 Å². The van der Waals surface area contributed by atoms with Gasteiger partial charge in [-0.25, -0.2) is 9.69 Å². The zero-order valence-electron chi connectivity index (χ0n) is 13.3. The summed E-state index contributed by atoms with van der Waals surface area (Å²) in [5.74, 6) is -1.92. The van der Waals surface area contributed by atoms with Crippen LogP contribution in [0.3, 0.4) is 0 Å². The average molecular weight is 364 g/mol. The first-order chi connectivity index (χ1) is 11.3. The summed E-state index contributed by atoms with van der Waals surface area (Å²) in [4.78, 5) is 13.5. The summed E-state index contributed by atoms with van der Waals surface area (Å²) in [7, 11) is 0. The van der Waals surface area contributed by atoms with E-state index >= 15 is 0 Å². The van der Waals surface area contributed by atoms with Gasteiger partial charge in [-0.3, -0.25) is 16.0 Å². The maximum atomic E-state index is 11.5. The monoisotopic (exact) mass is 363 g/mol. The summed E-state index contributed by atoms with van der Waals surface area (Å²) < 4.78 is 17.5. The summed E-state index contributed by atoms with van der Waals surface area (Å²) in [5, 5.41) is 18.9. The highest BCUT2D eigenvalue weighted by molar-refractivity contribution is 6.20. The minimum Gasteiger partial charge on any atom is -0.479 e. The normalized spacial score (nSPS) is 50.7. The van der Waals surface area contributed by atoms with Crippen LogP contribution in [0.25, 0.3) is 0 Å². The molecular formula is C13H22ClN5O5. The first-order valence-corrected chi connectivity index (χ1v) is 8.35. The molecule has 24 heavy (non-hydrogen) atoms. The van der Waals surface area contributed by atoms with Crippen molar-refractivity contribution in [2.45, 2.75) is 68.2 Å². The topological polar surface area (TPSA) is 130 Å². The van der Waals surface area contributed by atoms with Gasteiger partial charge in [-0.05, 0) is 13.8 Å². The fourth-order valence-corrected chi connectivity index (χ4v) is 4.19. The van der Waals surface area contributed by atoms with Crippen molar-refractivity contribution in [3.8, 4) is 0 Å². The third-order valence-electron chi connectivity index (χ3n) is 4.85. The number of hydrogen-bond acceptors (Lipinski definition) is 9. The van der Waals surface area contributed by atoms with Gasteiger partial charge in [0.1, 0.15) is 24.1 Å². The van der Waals surface area contributed by atoms with E-state index in [4.69, 9.17) is 31.5 Å². The third kappa shape index (κ3) is 2.62. The van der Waals surface area contributed by atoms with E-state index in [9.17, 15) is 9.90 Å². The Balaban J connectivity index is 1.58. The number of fused-ring (bicyclic) bond motifs is 2. The number of nitrogens with two attached hydrogens (primary N) is 1.